The quantitative estimate of drug-likeness (QED) is 0.851. The van der Waals surface area contributed by atoms with Crippen LogP contribution in [0.3, 0.4) is 0 Å². The van der Waals surface area contributed by atoms with E-state index in [9.17, 15) is 4.21 Å². The lowest BCUT2D eigenvalue weighted by Gasteiger charge is -2.32. The molecule has 0 radical (unpaired) electrons. The molecule has 2 N–H and O–H groups in total. The fourth-order valence-corrected chi connectivity index (χ4v) is 3.66. The molecule has 4 nitrogen and oxygen atoms in total. The number of anilines is 1. The van der Waals surface area contributed by atoms with Gasteiger partial charge in [-0.1, -0.05) is 11.6 Å². The van der Waals surface area contributed by atoms with Crippen LogP contribution in [-0.4, -0.2) is 59.5 Å². The van der Waals surface area contributed by atoms with Gasteiger partial charge in [0.15, 0.2) is 0 Å². The molecule has 1 aliphatic rings. The van der Waals surface area contributed by atoms with Crippen LogP contribution in [0.1, 0.15) is 0 Å². The Bertz CT molecular complexity index is 461. The summed E-state index contributed by atoms with van der Waals surface area (Å²) in [6.45, 7) is 5.07. The van der Waals surface area contributed by atoms with Gasteiger partial charge in [0.05, 0.1) is 20.7 Å². The van der Waals surface area contributed by atoms with Crippen molar-refractivity contribution in [1.29, 1.82) is 0 Å². The maximum absolute atomic E-state index is 12.3. The highest BCUT2D eigenvalue weighted by atomic mass is 35.5. The number of hydrogen-bond acceptors (Lipinski definition) is 4. The monoisotopic (exact) mass is 301 g/mol. The van der Waals surface area contributed by atoms with Gasteiger partial charge >= 0.3 is 0 Å². The van der Waals surface area contributed by atoms with Crippen LogP contribution in [0, 0.1) is 0 Å². The van der Waals surface area contributed by atoms with E-state index in [1.807, 2.05) is 0 Å². The second kappa shape index (κ2) is 6.70. The molecule has 1 heterocycles. The SMILES string of the molecule is CN1CCN(CCS(=O)c2cc(N)ccc2Cl)CC1. The number of nitrogens with zero attached hydrogens (tertiary/aromatic N) is 2. The lowest BCUT2D eigenvalue weighted by molar-refractivity contribution is 0.161. The summed E-state index contributed by atoms with van der Waals surface area (Å²) in [6.07, 6.45) is 0. The number of rotatable bonds is 4. The standard InChI is InChI=1S/C13H20ClN3OS/c1-16-4-6-17(7-5-16)8-9-19(18)13-10-11(15)2-3-12(13)14/h2-3,10H,4-9,15H2,1H3. The number of benzene rings is 1. The highest BCUT2D eigenvalue weighted by Gasteiger charge is 2.15. The Hall–Kier alpha value is -0.620. The largest absolute Gasteiger partial charge is 0.399 e. The van der Waals surface area contributed by atoms with Gasteiger partial charge in [-0.2, -0.15) is 0 Å². The second-order valence-electron chi connectivity index (χ2n) is 4.88. The van der Waals surface area contributed by atoms with Crippen molar-refractivity contribution in [2.24, 2.45) is 0 Å². The fourth-order valence-electron chi connectivity index (χ4n) is 2.09. The number of piperazine rings is 1. The molecule has 1 aliphatic heterocycles. The zero-order valence-electron chi connectivity index (χ0n) is 11.1. The van der Waals surface area contributed by atoms with E-state index < -0.39 is 10.8 Å². The summed E-state index contributed by atoms with van der Waals surface area (Å²) in [7, 11) is 1.04. The van der Waals surface area contributed by atoms with Crippen molar-refractivity contribution in [3.05, 3.63) is 23.2 Å². The van der Waals surface area contributed by atoms with Crippen LogP contribution in [0.2, 0.25) is 5.02 Å². The van der Waals surface area contributed by atoms with Crippen LogP contribution in [0.4, 0.5) is 5.69 Å². The Morgan fingerprint density at radius 1 is 1.32 bits per heavy atom. The lowest BCUT2D eigenvalue weighted by atomic mass is 10.3. The lowest BCUT2D eigenvalue weighted by Crippen LogP contribution is -2.45. The maximum atomic E-state index is 12.3. The number of hydrogen-bond donors (Lipinski definition) is 1. The summed E-state index contributed by atoms with van der Waals surface area (Å²) in [5, 5.41) is 0.533. The molecule has 1 aromatic carbocycles. The number of halogens is 1. The Morgan fingerprint density at radius 2 is 2.00 bits per heavy atom. The van der Waals surface area contributed by atoms with Gasteiger partial charge in [-0.05, 0) is 25.2 Å². The molecular weight excluding hydrogens is 282 g/mol. The van der Waals surface area contributed by atoms with Gasteiger partial charge in [0, 0.05) is 44.2 Å². The minimum absolute atomic E-state index is 0.533. The summed E-state index contributed by atoms with van der Waals surface area (Å²) >= 11 is 6.06. The third kappa shape index (κ3) is 4.18. The van der Waals surface area contributed by atoms with E-state index in [0.717, 1.165) is 32.7 Å². The van der Waals surface area contributed by atoms with Crippen LogP contribution >= 0.6 is 11.6 Å². The molecule has 0 spiro atoms. The first-order valence-electron chi connectivity index (χ1n) is 6.40. The van der Waals surface area contributed by atoms with Gasteiger partial charge in [-0.3, -0.25) is 9.11 Å². The molecule has 1 aromatic rings. The molecule has 1 unspecified atom stereocenters. The number of nitrogen functional groups attached to an aromatic ring is 1. The Kier molecular flexibility index (Phi) is 5.21. The predicted octanol–water partition coefficient (Wildman–Crippen LogP) is 1.28. The summed E-state index contributed by atoms with van der Waals surface area (Å²) in [6, 6.07) is 5.14. The van der Waals surface area contributed by atoms with E-state index in [0.29, 0.717) is 21.4 Å². The van der Waals surface area contributed by atoms with Gasteiger partial charge in [0.25, 0.3) is 0 Å². The minimum atomic E-state index is -1.08. The van der Waals surface area contributed by atoms with Crippen molar-refractivity contribution in [3.63, 3.8) is 0 Å². The van der Waals surface area contributed by atoms with Crippen LogP contribution < -0.4 is 5.73 Å². The summed E-state index contributed by atoms with van der Waals surface area (Å²) in [5.41, 5.74) is 6.31. The first-order valence-corrected chi connectivity index (χ1v) is 8.10. The Labute approximate surface area is 122 Å². The molecule has 106 valence electrons. The molecule has 6 heteroatoms. The normalized spacial score (nSPS) is 19.5. The van der Waals surface area contributed by atoms with E-state index in [1.54, 1.807) is 18.2 Å². The summed E-state index contributed by atoms with van der Waals surface area (Å²) in [5.74, 6) is 0.604. The smallest absolute Gasteiger partial charge is 0.0595 e. The van der Waals surface area contributed by atoms with Crippen molar-refractivity contribution in [3.8, 4) is 0 Å². The summed E-state index contributed by atoms with van der Waals surface area (Å²) in [4.78, 5) is 5.30. The van der Waals surface area contributed by atoms with E-state index in [2.05, 4.69) is 16.8 Å². The highest BCUT2D eigenvalue weighted by Crippen LogP contribution is 2.22. The van der Waals surface area contributed by atoms with Crippen LogP contribution in [-0.2, 0) is 10.8 Å². The van der Waals surface area contributed by atoms with E-state index in [-0.39, 0.29) is 0 Å². The van der Waals surface area contributed by atoms with Gasteiger partial charge in [0.1, 0.15) is 0 Å². The van der Waals surface area contributed by atoms with Crippen LogP contribution in [0.15, 0.2) is 23.1 Å². The zero-order chi connectivity index (χ0) is 13.8. The molecule has 2 rings (SSSR count). The average Bonchev–Trinajstić information content (AvgIpc) is 2.40. The van der Waals surface area contributed by atoms with Crippen LogP contribution in [0.5, 0.6) is 0 Å². The molecule has 1 atom stereocenters. The van der Waals surface area contributed by atoms with Crippen molar-refractivity contribution < 1.29 is 4.21 Å². The first kappa shape index (κ1) is 14.8. The maximum Gasteiger partial charge on any atom is 0.0595 e. The number of nitrogens with two attached hydrogens (primary N) is 1. The molecule has 0 saturated carbocycles. The number of likely N-dealkylation sites (N-methyl/N-ethyl adjacent to an activating group) is 1. The third-order valence-corrected chi connectivity index (χ3v) is 5.21. The fraction of sp³-hybridized carbons (Fsp3) is 0.538. The highest BCUT2D eigenvalue weighted by molar-refractivity contribution is 7.85. The van der Waals surface area contributed by atoms with Crippen molar-refractivity contribution in [2.45, 2.75) is 4.90 Å². The molecule has 1 saturated heterocycles. The molecular formula is C13H20ClN3OS. The van der Waals surface area contributed by atoms with Crippen LogP contribution in [0.25, 0.3) is 0 Å². The van der Waals surface area contributed by atoms with E-state index in [1.165, 1.54) is 0 Å². The van der Waals surface area contributed by atoms with Gasteiger partial charge < -0.3 is 10.6 Å². The second-order valence-corrected chi connectivity index (χ2v) is 6.83. The molecule has 1 fully saturated rings. The third-order valence-electron chi connectivity index (χ3n) is 3.39. The molecule has 0 aromatic heterocycles. The van der Waals surface area contributed by atoms with Gasteiger partial charge in [-0.15, -0.1) is 0 Å². The molecule has 0 aliphatic carbocycles. The van der Waals surface area contributed by atoms with Crippen molar-refractivity contribution >= 4 is 28.1 Å². The average molecular weight is 302 g/mol. The van der Waals surface area contributed by atoms with E-state index >= 15 is 0 Å². The first-order chi connectivity index (χ1) is 9.06. The van der Waals surface area contributed by atoms with E-state index in [4.69, 9.17) is 17.3 Å². The van der Waals surface area contributed by atoms with Crippen molar-refractivity contribution in [1.82, 2.24) is 9.80 Å². The molecule has 0 bridgehead atoms. The van der Waals surface area contributed by atoms with Gasteiger partial charge in [-0.25, -0.2) is 0 Å². The molecule has 0 amide bonds. The minimum Gasteiger partial charge on any atom is -0.399 e. The Balaban J connectivity index is 1.89. The van der Waals surface area contributed by atoms with Crippen molar-refractivity contribution in [2.75, 3.05) is 51.3 Å². The van der Waals surface area contributed by atoms with Gasteiger partial charge in [0.2, 0.25) is 0 Å². The summed E-state index contributed by atoms with van der Waals surface area (Å²) < 4.78 is 12.3. The Morgan fingerprint density at radius 3 is 2.68 bits per heavy atom. The topological polar surface area (TPSA) is 49.6 Å². The zero-order valence-corrected chi connectivity index (χ0v) is 12.7. The predicted molar refractivity (Wildman–Crippen MR) is 81.1 cm³/mol. The molecule has 19 heavy (non-hydrogen) atoms.